The van der Waals surface area contributed by atoms with Crippen molar-refractivity contribution >= 4 is 24.2 Å². The van der Waals surface area contributed by atoms with E-state index in [1.165, 1.54) is 0 Å². The molecular weight excluding hydrogens is 350 g/mol. The Balaban J connectivity index is 0.00000338. The molecule has 0 fully saturated rings. The summed E-state index contributed by atoms with van der Waals surface area (Å²) in [5, 5.41) is 5.86. The molecule has 0 bridgehead atoms. The van der Waals surface area contributed by atoms with Gasteiger partial charge in [0.15, 0.2) is 0 Å². The van der Waals surface area contributed by atoms with Crippen molar-refractivity contribution in [2.24, 2.45) is 5.73 Å². The van der Waals surface area contributed by atoms with Crippen molar-refractivity contribution < 1.29 is 9.59 Å². The van der Waals surface area contributed by atoms with Crippen LogP contribution in [0.2, 0.25) is 0 Å². The molecule has 0 aliphatic rings. The van der Waals surface area contributed by atoms with E-state index in [4.69, 9.17) is 5.73 Å². The van der Waals surface area contributed by atoms with Crippen LogP contribution in [-0.2, 0) is 4.79 Å². The zero-order valence-corrected chi connectivity index (χ0v) is 15.9. The monoisotopic (exact) mass is 375 g/mol. The number of carbonyl (C=O) groups is 2. The first kappa shape index (κ1) is 21.7. The highest BCUT2D eigenvalue weighted by Crippen LogP contribution is 2.18. The number of hydrogen-bond acceptors (Lipinski definition) is 3. The van der Waals surface area contributed by atoms with Gasteiger partial charge >= 0.3 is 0 Å². The summed E-state index contributed by atoms with van der Waals surface area (Å²) in [7, 11) is 0. The van der Waals surface area contributed by atoms with Crippen molar-refractivity contribution in [3.8, 4) is 0 Å². The molecule has 0 aliphatic heterocycles. The minimum Gasteiger partial charge on any atom is -0.350 e. The Bertz CT molecular complexity index is 706. The van der Waals surface area contributed by atoms with E-state index in [2.05, 4.69) is 10.6 Å². The topological polar surface area (TPSA) is 84.2 Å². The lowest BCUT2D eigenvalue weighted by Gasteiger charge is -2.26. The third-order valence-electron chi connectivity index (χ3n) is 3.92. The second-order valence-corrected chi connectivity index (χ2v) is 6.64. The van der Waals surface area contributed by atoms with Gasteiger partial charge in [-0.25, -0.2) is 0 Å². The van der Waals surface area contributed by atoms with Crippen LogP contribution in [-0.4, -0.2) is 23.9 Å². The number of nitrogens with two attached hydrogens (primary N) is 1. The van der Waals surface area contributed by atoms with E-state index in [-0.39, 0.29) is 30.6 Å². The maximum absolute atomic E-state index is 12.5. The highest BCUT2D eigenvalue weighted by molar-refractivity contribution is 5.94. The number of amides is 2. The molecular formula is C20H26ClN3O2. The standard InChI is InChI=1S/C20H25N3O2.ClH/c1-20(2,14-21)23-18(24)13-17(15-9-5-3-6-10-15)22-19(25)16-11-7-4-8-12-16;/h3-12,17H,13-14,21H2,1-2H3,(H,22,25)(H,23,24);1H. The Morgan fingerprint density at radius 1 is 1.00 bits per heavy atom. The fourth-order valence-electron chi connectivity index (χ4n) is 2.43. The van der Waals surface area contributed by atoms with Crippen LogP contribution in [0.5, 0.6) is 0 Å². The maximum atomic E-state index is 12.5. The van der Waals surface area contributed by atoms with Crippen molar-refractivity contribution in [2.45, 2.75) is 31.8 Å². The molecule has 140 valence electrons. The largest absolute Gasteiger partial charge is 0.350 e. The first-order chi connectivity index (χ1) is 11.9. The van der Waals surface area contributed by atoms with Crippen LogP contribution in [0.25, 0.3) is 0 Å². The van der Waals surface area contributed by atoms with Gasteiger partial charge in [-0.3, -0.25) is 9.59 Å². The van der Waals surface area contributed by atoms with E-state index in [1.807, 2.05) is 62.4 Å². The molecule has 0 radical (unpaired) electrons. The molecule has 0 aliphatic carbocycles. The lowest BCUT2D eigenvalue weighted by Crippen LogP contribution is -2.49. The molecule has 0 aromatic heterocycles. The lowest BCUT2D eigenvalue weighted by atomic mass is 10.0. The van der Waals surface area contributed by atoms with Crippen LogP contribution in [0.3, 0.4) is 0 Å². The van der Waals surface area contributed by atoms with Crippen LogP contribution in [0.4, 0.5) is 0 Å². The van der Waals surface area contributed by atoms with Crippen LogP contribution >= 0.6 is 12.4 Å². The van der Waals surface area contributed by atoms with Crippen LogP contribution in [0.15, 0.2) is 60.7 Å². The molecule has 2 aromatic rings. The molecule has 4 N–H and O–H groups in total. The molecule has 2 aromatic carbocycles. The number of rotatable bonds is 7. The molecule has 0 saturated carbocycles. The number of halogens is 1. The second-order valence-electron chi connectivity index (χ2n) is 6.64. The van der Waals surface area contributed by atoms with E-state index < -0.39 is 11.6 Å². The van der Waals surface area contributed by atoms with Crippen LogP contribution in [0.1, 0.15) is 42.2 Å². The van der Waals surface area contributed by atoms with Gasteiger partial charge in [-0.05, 0) is 31.5 Å². The van der Waals surface area contributed by atoms with E-state index >= 15 is 0 Å². The molecule has 0 heterocycles. The van der Waals surface area contributed by atoms with Gasteiger partial charge in [-0.15, -0.1) is 12.4 Å². The van der Waals surface area contributed by atoms with Crippen molar-refractivity contribution in [1.82, 2.24) is 10.6 Å². The average molecular weight is 376 g/mol. The molecule has 2 amide bonds. The van der Waals surface area contributed by atoms with Crippen LogP contribution < -0.4 is 16.4 Å². The van der Waals surface area contributed by atoms with Gasteiger partial charge < -0.3 is 16.4 Å². The van der Waals surface area contributed by atoms with Crippen molar-refractivity contribution in [2.75, 3.05) is 6.54 Å². The second kappa shape index (κ2) is 9.94. The Kier molecular flexibility index (Phi) is 8.29. The van der Waals surface area contributed by atoms with Crippen molar-refractivity contribution in [1.29, 1.82) is 0 Å². The smallest absolute Gasteiger partial charge is 0.251 e. The van der Waals surface area contributed by atoms with E-state index in [0.29, 0.717) is 12.1 Å². The summed E-state index contributed by atoms with van der Waals surface area (Å²) in [6.07, 6.45) is 0.145. The zero-order valence-electron chi connectivity index (χ0n) is 15.1. The first-order valence-corrected chi connectivity index (χ1v) is 8.33. The Morgan fingerprint density at radius 2 is 1.54 bits per heavy atom. The highest BCUT2D eigenvalue weighted by Gasteiger charge is 2.23. The zero-order chi connectivity index (χ0) is 18.3. The lowest BCUT2D eigenvalue weighted by molar-refractivity contribution is -0.123. The minimum atomic E-state index is -0.484. The van der Waals surface area contributed by atoms with Crippen molar-refractivity contribution in [3.63, 3.8) is 0 Å². The third kappa shape index (κ3) is 6.50. The first-order valence-electron chi connectivity index (χ1n) is 8.33. The molecule has 6 heteroatoms. The number of nitrogens with one attached hydrogen (secondary N) is 2. The molecule has 2 rings (SSSR count). The summed E-state index contributed by atoms with van der Waals surface area (Å²) in [5.74, 6) is -0.363. The van der Waals surface area contributed by atoms with Gasteiger partial charge in [-0.2, -0.15) is 0 Å². The Hall–Kier alpha value is -2.37. The van der Waals surface area contributed by atoms with E-state index in [9.17, 15) is 9.59 Å². The maximum Gasteiger partial charge on any atom is 0.251 e. The Morgan fingerprint density at radius 3 is 2.08 bits per heavy atom. The fraction of sp³-hybridized carbons (Fsp3) is 0.300. The molecule has 0 spiro atoms. The molecule has 0 saturated heterocycles. The SMILES string of the molecule is CC(C)(CN)NC(=O)CC(NC(=O)c1ccccc1)c1ccccc1.Cl. The van der Waals surface area contributed by atoms with Crippen LogP contribution in [0, 0.1) is 0 Å². The number of benzene rings is 2. The van der Waals surface area contributed by atoms with E-state index in [1.54, 1.807) is 12.1 Å². The summed E-state index contributed by atoms with van der Waals surface area (Å²) < 4.78 is 0. The third-order valence-corrected chi connectivity index (χ3v) is 3.92. The number of hydrogen-bond donors (Lipinski definition) is 3. The summed E-state index contributed by atoms with van der Waals surface area (Å²) in [6, 6.07) is 18.0. The highest BCUT2D eigenvalue weighted by atomic mass is 35.5. The molecule has 5 nitrogen and oxygen atoms in total. The predicted octanol–water partition coefficient (Wildman–Crippen LogP) is 2.82. The normalized spacial score (nSPS) is 11.8. The summed E-state index contributed by atoms with van der Waals surface area (Å²) in [5.41, 5.74) is 6.63. The van der Waals surface area contributed by atoms with Gasteiger partial charge in [0.25, 0.3) is 5.91 Å². The Labute approximate surface area is 160 Å². The molecule has 26 heavy (non-hydrogen) atoms. The van der Waals surface area contributed by atoms with Gasteiger partial charge in [-0.1, -0.05) is 48.5 Å². The quantitative estimate of drug-likeness (QED) is 0.695. The summed E-state index contributed by atoms with van der Waals surface area (Å²) >= 11 is 0. The fourth-order valence-corrected chi connectivity index (χ4v) is 2.43. The summed E-state index contributed by atoms with van der Waals surface area (Å²) in [6.45, 7) is 4.07. The summed E-state index contributed by atoms with van der Waals surface area (Å²) in [4.78, 5) is 24.9. The predicted molar refractivity (Wildman–Crippen MR) is 106 cm³/mol. The van der Waals surface area contributed by atoms with Gasteiger partial charge in [0.05, 0.1) is 12.5 Å². The van der Waals surface area contributed by atoms with Gasteiger partial charge in [0.2, 0.25) is 5.91 Å². The average Bonchev–Trinajstić information content (AvgIpc) is 2.62. The molecule has 1 unspecified atom stereocenters. The molecule has 1 atom stereocenters. The van der Waals surface area contributed by atoms with Gasteiger partial charge in [0.1, 0.15) is 0 Å². The van der Waals surface area contributed by atoms with Crippen molar-refractivity contribution in [3.05, 3.63) is 71.8 Å². The van der Waals surface area contributed by atoms with E-state index in [0.717, 1.165) is 5.56 Å². The van der Waals surface area contributed by atoms with Gasteiger partial charge in [0, 0.05) is 17.6 Å². The number of carbonyl (C=O) groups excluding carboxylic acids is 2. The minimum absolute atomic E-state index is 0.